The Labute approximate surface area is 98.6 Å². The number of aryl methyl sites for hydroxylation is 1. The van der Waals surface area contributed by atoms with Gasteiger partial charge in [0, 0.05) is 12.4 Å². The number of halogens is 1. The molecule has 2 rings (SSSR count). The molecule has 2 aromatic rings. The lowest BCUT2D eigenvalue weighted by atomic mass is 9.96. The zero-order chi connectivity index (χ0) is 12.3. The molecule has 84 valence electrons. The van der Waals surface area contributed by atoms with Crippen LogP contribution in [0, 0.1) is 24.1 Å². The van der Waals surface area contributed by atoms with Crippen molar-refractivity contribution in [3.63, 3.8) is 0 Å². The molecule has 0 fully saturated rings. The summed E-state index contributed by atoms with van der Waals surface area (Å²) in [6, 6.07) is 6.79. The van der Waals surface area contributed by atoms with E-state index in [0.717, 1.165) is 5.56 Å². The highest BCUT2D eigenvalue weighted by atomic mass is 19.1. The van der Waals surface area contributed by atoms with E-state index in [9.17, 15) is 9.65 Å². The Morgan fingerprint density at radius 1 is 1.35 bits per heavy atom. The normalized spacial score (nSPS) is 11.8. The second kappa shape index (κ2) is 4.71. The largest absolute Gasteiger partial charge is 0.261 e. The maximum absolute atomic E-state index is 13.2. The maximum atomic E-state index is 13.2. The van der Waals surface area contributed by atoms with Gasteiger partial charge in [-0.15, -0.1) is 0 Å². The van der Waals surface area contributed by atoms with Gasteiger partial charge in [0.1, 0.15) is 11.7 Å². The molecule has 0 aliphatic rings. The van der Waals surface area contributed by atoms with Gasteiger partial charge < -0.3 is 0 Å². The summed E-state index contributed by atoms with van der Waals surface area (Å²) >= 11 is 0. The molecule has 0 bridgehead atoms. The van der Waals surface area contributed by atoms with E-state index in [1.807, 2.05) is 0 Å². The molecule has 17 heavy (non-hydrogen) atoms. The van der Waals surface area contributed by atoms with Crippen LogP contribution in [0.5, 0.6) is 0 Å². The molecule has 0 spiro atoms. The summed E-state index contributed by atoms with van der Waals surface area (Å²) < 4.78 is 13.2. The van der Waals surface area contributed by atoms with Gasteiger partial charge in [0.2, 0.25) is 0 Å². The minimum Gasteiger partial charge on any atom is -0.261 e. The van der Waals surface area contributed by atoms with Crippen LogP contribution in [0.1, 0.15) is 22.7 Å². The monoisotopic (exact) mass is 227 g/mol. The fraction of sp³-hybridized carbons (Fsp3) is 0.154. The summed E-state index contributed by atoms with van der Waals surface area (Å²) in [5, 5.41) is 9.18. The number of hydrogen-bond donors (Lipinski definition) is 0. The minimum absolute atomic E-state index is 0.274. The van der Waals surface area contributed by atoms with Crippen LogP contribution in [0.2, 0.25) is 0 Å². The molecule has 0 aliphatic carbocycles. The van der Waals surface area contributed by atoms with Gasteiger partial charge in [-0.05, 0) is 24.1 Å². The number of hydrogen-bond acceptors (Lipinski definition) is 3. The van der Waals surface area contributed by atoms with Crippen LogP contribution in [0.15, 0.2) is 36.8 Å². The molecule has 0 saturated carbocycles. The van der Waals surface area contributed by atoms with E-state index in [0.29, 0.717) is 11.3 Å². The lowest BCUT2D eigenvalue weighted by Gasteiger charge is -2.09. The smallest absolute Gasteiger partial charge is 0.126 e. The van der Waals surface area contributed by atoms with Gasteiger partial charge in [-0.2, -0.15) is 5.26 Å². The van der Waals surface area contributed by atoms with E-state index >= 15 is 0 Å². The fourth-order valence-corrected chi connectivity index (χ4v) is 1.62. The number of rotatable bonds is 2. The van der Waals surface area contributed by atoms with Crippen LogP contribution in [0.4, 0.5) is 4.39 Å². The van der Waals surface area contributed by atoms with Crippen LogP contribution in [0.25, 0.3) is 0 Å². The van der Waals surface area contributed by atoms with Gasteiger partial charge in [-0.25, -0.2) is 4.39 Å². The summed E-state index contributed by atoms with van der Waals surface area (Å²) in [5.74, 6) is -0.785. The third-order valence-corrected chi connectivity index (χ3v) is 2.52. The quantitative estimate of drug-likeness (QED) is 0.792. The Kier molecular flexibility index (Phi) is 3.10. The lowest BCUT2D eigenvalue weighted by molar-refractivity contribution is 0.617. The second-order valence-corrected chi connectivity index (χ2v) is 3.70. The molecular formula is C13H10FN3. The highest BCUT2D eigenvalue weighted by Gasteiger charge is 2.15. The Balaban J connectivity index is 2.44. The van der Waals surface area contributed by atoms with Crippen molar-refractivity contribution < 1.29 is 4.39 Å². The van der Waals surface area contributed by atoms with Crippen molar-refractivity contribution in [3.05, 3.63) is 59.4 Å². The first-order valence-corrected chi connectivity index (χ1v) is 5.14. The summed E-state index contributed by atoms with van der Waals surface area (Å²) in [7, 11) is 0. The molecule has 0 radical (unpaired) electrons. The number of nitrogens with zero attached hydrogens (tertiary/aromatic N) is 3. The standard InChI is InChI=1S/C13H10FN3/c1-9-6-10(2-3-12(9)14)11(7-15)13-8-16-4-5-17-13/h2-6,8,11H,1H3. The number of aromatic nitrogens is 2. The van der Waals surface area contributed by atoms with Crippen molar-refractivity contribution in [2.45, 2.75) is 12.8 Å². The van der Waals surface area contributed by atoms with Crippen molar-refractivity contribution in [2.75, 3.05) is 0 Å². The van der Waals surface area contributed by atoms with Crippen molar-refractivity contribution >= 4 is 0 Å². The van der Waals surface area contributed by atoms with E-state index in [2.05, 4.69) is 16.0 Å². The zero-order valence-electron chi connectivity index (χ0n) is 9.26. The zero-order valence-corrected chi connectivity index (χ0v) is 9.26. The van der Waals surface area contributed by atoms with Crippen LogP contribution < -0.4 is 0 Å². The first kappa shape index (κ1) is 11.2. The van der Waals surface area contributed by atoms with Crippen molar-refractivity contribution in [1.82, 2.24) is 9.97 Å². The van der Waals surface area contributed by atoms with Crippen LogP contribution in [-0.2, 0) is 0 Å². The first-order valence-electron chi connectivity index (χ1n) is 5.14. The van der Waals surface area contributed by atoms with Crippen LogP contribution in [0.3, 0.4) is 0 Å². The third-order valence-electron chi connectivity index (χ3n) is 2.52. The topological polar surface area (TPSA) is 49.6 Å². The summed E-state index contributed by atoms with van der Waals surface area (Å²) in [5.41, 5.74) is 1.82. The van der Waals surface area contributed by atoms with Crippen LogP contribution >= 0.6 is 0 Å². The average Bonchev–Trinajstić information content (AvgIpc) is 2.36. The molecular weight excluding hydrogens is 217 g/mol. The average molecular weight is 227 g/mol. The number of nitriles is 1. The molecule has 0 amide bonds. The Morgan fingerprint density at radius 2 is 2.18 bits per heavy atom. The molecule has 1 unspecified atom stereocenters. The summed E-state index contributed by atoms with van der Waals surface area (Å²) in [4.78, 5) is 8.03. The highest BCUT2D eigenvalue weighted by molar-refractivity contribution is 5.36. The van der Waals surface area contributed by atoms with Gasteiger partial charge in [-0.1, -0.05) is 12.1 Å². The second-order valence-electron chi connectivity index (χ2n) is 3.70. The molecule has 0 saturated heterocycles. The molecule has 0 N–H and O–H groups in total. The predicted octanol–water partition coefficient (Wildman–Crippen LogP) is 2.58. The van der Waals surface area contributed by atoms with E-state index in [-0.39, 0.29) is 5.82 Å². The molecule has 3 nitrogen and oxygen atoms in total. The van der Waals surface area contributed by atoms with Crippen molar-refractivity contribution in [1.29, 1.82) is 5.26 Å². The van der Waals surface area contributed by atoms with Gasteiger partial charge in [-0.3, -0.25) is 9.97 Å². The Hall–Kier alpha value is -2.28. The van der Waals surface area contributed by atoms with Gasteiger partial charge in [0.05, 0.1) is 18.0 Å². The van der Waals surface area contributed by atoms with Gasteiger partial charge in [0.25, 0.3) is 0 Å². The molecule has 4 heteroatoms. The highest BCUT2D eigenvalue weighted by Crippen LogP contribution is 2.23. The number of benzene rings is 1. The molecule has 1 atom stereocenters. The fourth-order valence-electron chi connectivity index (χ4n) is 1.62. The molecule has 1 aromatic heterocycles. The lowest BCUT2D eigenvalue weighted by Crippen LogP contribution is -2.02. The van der Waals surface area contributed by atoms with E-state index in [1.165, 1.54) is 12.3 Å². The Bertz CT molecular complexity index is 561. The summed E-state index contributed by atoms with van der Waals surface area (Å²) in [6.07, 6.45) is 4.64. The molecule has 1 heterocycles. The van der Waals surface area contributed by atoms with Gasteiger partial charge >= 0.3 is 0 Å². The third kappa shape index (κ3) is 2.28. The van der Waals surface area contributed by atoms with Crippen molar-refractivity contribution in [3.8, 4) is 6.07 Å². The SMILES string of the molecule is Cc1cc(C(C#N)c2cnccn2)ccc1F. The summed E-state index contributed by atoms with van der Waals surface area (Å²) in [6.45, 7) is 1.67. The van der Waals surface area contributed by atoms with Gasteiger partial charge in [0.15, 0.2) is 0 Å². The molecule has 1 aromatic carbocycles. The Morgan fingerprint density at radius 3 is 2.76 bits per heavy atom. The van der Waals surface area contributed by atoms with E-state index in [4.69, 9.17) is 0 Å². The van der Waals surface area contributed by atoms with E-state index < -0.39 is 5.92 Å². The van der Waals surface area contributed by atoms with Crippen molar-refractivity contribution in [2.24, 2.45) is 0 Å². The maximum Gasteiger partial charge on any atom is 0.126 e. The predicted molar refractivity (Wildman–Crippen MR) is 60.6 cm³/mol. The first-order chi connectivity index (χ1) is 8.22. The van der Waals surface area contributed by atoms with E-state index in [1.54, 1.807) is 31.5 Å². The molecule has 0 aliphatic heterocycles. The van der Waals surface area contributed by atoms with Crippen LogP contribution in [-0.4, -0.2) is 9.97 Å². The minimum atomic E-state index is -0.511.